The van der Waals surface area contributed by atoms with Crippen molar-refractivity contribution in [3.63, 3.8) is 0 Å². The molecular formula is C28H38N8O3. The van der Waals surface area contributed by atoms with Gasteiger partial charge >= 0.3 is 0 Å². The molecule has 0 unspecified atom stereocenters. The van der Waals surface area contributed by atoms with Crippen molar-refractivity contribution in [3.05, 3.63) is 57.7 Å². The lowest BCUT2D eigenvalue weighted by molar-refractivity contribution is -0.384. The molecule has 3 aromatic rings. The normalized spacial score (nSPS) is 13.9. The van der Waals surface area contributed by atoms with Gasteiger partial charge in [0.05, 0.1) is 28.6 Å². The summed E-state index contributed by atoms with van der Waals surface area (Å²) >= 11 is 0. The fourth-order valence-corrected chi connectivity index (χ4v) is 4.71. The van der Waals surface area contributed by atoms with Crippen LogP contribution in [0.25, 0.3) is 0 Å². The Hall–Kier alpha value is -3.99. The molecule has 0 amide bonds. The molecule has 11 nitrogen and oxygen atoms in total. The van der Waals surface area contributed by atoms with Gasteiger partial charge in [0.25, 0.3) is 5.69 Å². The smallest absolute Gasteiger partial charge is 0.294 e. The number of nitrogens with zero attached hydrogens (tertiary/aromatic N) is 7. The van der Waals surface area contributed by atoms with Crippen molar-refractivity contribution >= 4 is 34.4 Å². The van der Waals surface area contributed by atoms with Crippen molar-refractivity contribution in [1.29, 1.82) is 0 Å². The van der Waals surface area contributed by atoms with Crippen LogP contribution in [0.2, 0.25) is 0 Å². The Morgan fingerprint density at radius 1 is 1.13 bits per heavy atom. The van der Waals surface area contributed by atoms with Gasteiger partial charge in [-0.25, -0.2) is 9.97 Å². The maximum absolute atomic E-state index is 12.1. The van der Waals surface area contributed by atoms with E-state index in [1.54, 1.807) is 6.07 Å². The second kappa shape index (κ2) is 11.0. The largest absolute Gasteiger partial charge is 0.492 e. The van der Waals surface area contributed by atoms with E-state index in [1.807, 2.05) is 50.9 Å². The number of nitro groups is 1. The minimum Gasteiger partial charge on any atom is -0.492 e. The fourth-order valence-electron chi connectivity index (χ4n) is 4.71. The summed E-state index contributed by atoms with van der Waals surface area (Å²) in [6.45, 7) is 12.8. The first kappa shape index (κ1) is 28.0. The second-order valence-corrected chi connectivity index (χ2v) is 10.9. The molecule has 0 bridgehead atoms. The van der Waals surface area contributed by atoms with E-state index in [4.69, 9.17) is 9.72 Å². The van der Waals surface area contributed by atoms with Crippen LogP contribution in [0.3, 0.4) is 0 Å². The summed E-state index contributed by atoms with van der Waals surface area (Å²) in [5, 5.41) is 15.3. The van der Waals surface area contributed by atoms with Crippen LogP contribution in [-0.2, 0) is 5.41 Å². The highest BCUT2D eigenvalue weighted by atomic mass is 16.6. The van der Waals surface area contributed by atoms with Crippen molar-refractivity contribution in [3.8, 4) is 5.75 Å². The van der Waals surface area contributed by atoms with Crippen LogP contribution < -0.4 is 19.9 Å². The van der Waals surface area contributed by atoms with Crippen molar-refractivity contribution in [2.24, 2.45) is 0 Å². The van der Waals surface area contributed by atoms with E-state index in [-0.39, 0.29) is 16.0 Å². The minimum absolute atomic E-state index is 0.0105. The zero-order valence-electron chi connectivity index (χ0n) is 24.1. The van der Waals surface area contributed by atoms with Crippen molar-refractivity contribution in [1.82, 2.24) is 19.9 Å². The lowest BCUT2D eigenvalue weighted by Crippen LogP contribution is -2.29. The van der Waals surface area contributed by atoms with Gasteiger partial charge in [-0.3, -0.25) is 15.1 Å². The SMILES string of the molecule is CCOc1cc(N(C)CCN(C)C)c([N+](=O)[O-])cc1Nc1cc(N2CC(C)(C)c3nc(C)c(C)cc32)ncn1. The predicted octanol–water partition coefficient (Wildman–Crippen LogP) is 4.97. The first-order valence-corrected chi connectivity index (χ1v) is 13.1. The summed E-state index contributed by atoms with van der Waals surface area (Å²) in [7, 11) is 5.79. The number of nitrogens with one attached hydrogen (secondary N) is 1. The topological polar surface area (TPSA) is 113 Å². The highest BCUT2D eigenvalue weighted by Gasteiger charge is 2.38. The van der Waals surface area contributed by atoms with Gasteiger partial charge < -0.3 is 24.8 Å². The molecule has 1 aromatic carbocycles. The molecule has 208 valence electrons. The maximum Gasteiger partial charge on any atom is 0.294 e. The minimum atomic E-state index is -0.367. The number of fused-ring (bicyclic) bond motifs is 1. The molecule has 0 fully saturated rings. The van der Waals surface area contributed by atoms with E-state index in [1.165, 1.54) is 12.4 Å². The van der Waals surface area contributed by atoms with Crippen LogP contribution in [-0.4, -0.2) is 72.2 Å². The van der Waals surface area contributed by atoms with Crippen LogP contribution >= 0.6 is 0 Å². The average molecular weight is 535 g/mol. The van der Waals surface area contributed by atoms with Gasteiger partial charge in [-0.2, -0.15) is 0 Å². The second-order valence-electron chi connectivity index (χ2n) is 10.9. The molecule has 39 heavy (non-hydrogen) atoms. The lowest BCUT2D eigenvalue weighted by Gasteiger charge is -2.23. The van der Waals surface area contributed by atoms with Gasteiger partial charge in [0.15, 0.2) is 0 Å². The quantitative estimate of drug-likeness (QED) is 0.283. The maximum atomic E-state index is 12.1. The zero-order valence-corrected chi connectivity index (χ0v) is 24.1. The first-order valence-electron chi connectivity index (χ1n) is 13.1. The van der Waals surface area contributed by atoms with Crippen molar-refractivity contribution in [2.45, 2.75) is 40.0 Å². The number of benzene rings is 1. The molecule has 11 heteroatoms. The molecule has 2 aromatic heterocycles. The number of aromatic nitrogens is 3. The molecule has 1 aliphatic rings. The van der Waals surface area contributed by atoms with Crippen LogP contribution in [0.4, 0.5) is 34.4 Å². The molecule has 0 saturated carbocycles. The van der Waals surface area contributed by atoms with Crippen LogP contribution in [0, 0.1) is 24.0 Å². The highest BCUT2D eigenvalue weighted by molar-refractivity contribution is 5.78. The number of aryl methyl sites for hydroxylation is 2. The van der Waals surface area contributed by atoms with E-state index in [0.29, 0.717) is 36.1 Å². The Morgan fingerprint density at radius 3 is 2.54 bits per heavy atom. The number of likely N-dealkylation sites (N-methyl/N-ethyl adjacent to an activating group) is 2. The molecule has 0 atom stereocenters. The molecule has 0 saturated heterocycles. The van der Waals surface area contributed by atoms with Crippen molar-refractivity contribution < 1.29 is 9.66 Å². The van der Waals surface area contributed by atoms with E-state index in [0.717, 1.165) is 41.5 Å². The fraction of sp³-hybridized carbons (Fsp3) is 0.464. The summed E-state index contributed by atoms with van der Waals surface area (Å²) in [6.07, 6.45) is 1.50. The van der Waals surface area contributed by atoms with Crippen molar-refractivity contribution in [2.75, 3.05) is 62.5 Å². The Labute approximate surface area is 230 Å². The van der Waals surface area contributed by atoms with Crippen LogP contribution in [0.5, 0.6) is 5.75 Å². The number of pyridine rings is 1. The number of hydrogen-bond acceptors (Lipinski definition) is 10. The Balaban J connectivity index is 1.70. The van der Waals surface area contributed by atoms with E-state index in [2.05, 4.69) is 47.0 Å². The van der Waals surface area contributed by atoms with Gasteiger partial charge in [0.1, 0.15) is 29.4 Å². The molecule has 0 radical (unpaired) electrons. The monoisotopic (exact) mass is 534 g/mol. The van der Waals surface area contributed by atoms with Crippen LogP contribution in [0.1, 0.15) is 37.7 Å². The highest BCUT2D eigenvalue weighted by Crippen LogP contribution is 2.44. The van der Waals surface area contributed by atoms with E-state index in [9.17, 15) is 10.1 Å². The Morgan fingerprint density at radius 2 is 1.87 bits per heavy atom. The number of nitro benzene ring substituents is 1. The standard InChI is InChI=1S/C28H38N8O3/c1-9-39-24-14-21(34(8)11-10-33(6)7)22(36(37)38)13-20(24)32-25-15-26(30-17-29-25)35-16-28(4,5)27-23(35)12-18(2)19(3)31-27/h12-15,17H,9-11,16H2,1-8H3,(H,29,30,32). The summed E-state index contributed by atoms with van der Waals surface area (Å²) in [6, 6.07) is 7.24. The summed E-state index contributed by atoms with van der Waals surface area (Å²) < 4.78 is 5.90. The molecule has 0 spiro atoms. The van der Waals surface area contributed by atoms with Crippen LogP contribution in [0.15, 0.2) is 30.6 Å². The van der Waals surface area contributed by atoms with Gasteiger partial charge in [-0.15, -0.1) is 0 Å². The number of hydrogen-bond donors (Lipinski definition) is 1. The summed E-state index contributed by atoms with van der Waals surface area (Å²) in [5.41, 5.74) is 5.02. The van der Waals surface area contributed by atoms with Gasteiger partial charge in [-0.05, 0) is 46.5 Å². The van der Waals surface area contributed by atoms with Gasteiger partial charge in [0.2, 0.25) is 0 Å². The average Bonchev–Trinajstić information content (AvgIpc) is 3.13. The summed E-state index contributed by atoms with van der Waals surface area (Å²) in [4.78, 5) is 31.6. The number of rotatable bonds is 10. The zero-order chi connectivity index (χ0) is 28.5. The first-order chi connectivity index (χ1) is 18.4. The predicted molar refractivity (Wildman–Crippen MR) is 155 cm³/mol. The Bertz CT molecular complexity index is 1380. The van der Waals surface area contributed by atoms with Gasteiger partial charge in [-0.1, -0.05) is 13.8 Å². The molecule has 3 heterocycles. The van der Waals surface area contributed by atoms with E-state index >= 15 is 0 Å². The summed E-state index contributed by atoms with van der Waals surface area (Å²) in [5.74, 6) is 1.74. The third-order valence-corrected chi connectivity index (χ3v) is 6.99. The number of ether oxygens (including phenoxy) is 1. The molecule has 1 N–H and O–H groups in total. The molecule has 4 rings (SSSR count). The lowest BCUT2D eigenvalue weighted by atomic mass is 9.91. The third-order valence-electron chi connectivity index (χ3n) is 6.99. The molecule has 0 aliphatic carbocycles. The molecule has 1 aliphatic heterocycles. The Kier molecular flexibility index (Phi) is 7.91. The third kappa shape index (κ3) is 5.88. The molecular weight excluding hydrogens is 496 g/mol. The van der Waals surface area contributed by atoms with E-state index < -0.39 is 0 Å². The number of anilines is 5. The van der Waals surface area contributed by atoms with Gasteiger partial charge in [0, 0.05) is 56.0 Å².